The van der Waals surface area contributed by atoms with Crippen molar-refractivity contribution in [3.8, 4) is 22.8 Å². The Kier molecular flexibility index (Phi) is 8.15. The summed E-state index contributed by atoms with van der Waals surface area (Å²) in [5.41, 5.74) is 10.7. The standard InChI is InChI=1S/C35H38N8O2/c1-40-19-21-41(22-20-40)23-25-7-9-27(10-8-25)35(44)42-17-15-28(16-18-42)43-34-31(33(36)37-24-38-34)32(39-43)26-11-13-30(14-12-26)45-29-5-3-2-4-6-29/h2-14,24,28H,15-23H2,1H3,(H2,36,37,38). The molecule has 5 aromatic rings. The SMILES string of the molecule is CN1CCN(Cc2ccc(C(=O)N3CCC(n4nc(-c5ccc(Oc6ccccc6)cc5)c5c(N)ncnc54)CC3)cc2)CC1. The van der Waals surface area contributed by atoms with Crippen LogP contribution in [0, 0.1) is 0 Å². The van der Waals surface area contributed by atoms with Gasteiger partial charge in [0.15, 0.2) is 5.65 Å². The highest BCUT2D eigenvalue weighted by Gasteiger charge is 2.28. The van der Waals surface area contributed by atoms with Gasteiger partial charge in [-0.2, -0.15) is 5.10 Å². The molecule has 2 N–H and O–H groups in total. The molecule has 1 amide bonds. The van der Waals surface area contributed by atoms with Crippen molar-refractivity contribution in [1.82, 2.24) is 34.4 Å². The van der Waals surface area contributed by atoms with Crippen molar-refractivity contribution in [2.75, 3.05) is 52.0 Å². The van der Waals surface area contributed by atoms with Crippen molar-refractivity contribution in [3.63, 3.8) is 0 Å². The number of fused-ring (bicyclic) bond motifs is 1. The maximum absolute atomic E-state index is 13.4. The van der Waals surface area contributed by atoms with E-state index in [2.05, 4.69) is 38.9 Å². The molecule has 3 aromatic carbocycles. The number of anilines is 1. The molecule has 0 radical (unpaired) electrons. The first-order valence-corrected chi connectivity index (χ1v) is 15.6. The molecule has 4 heterocycles. The average Bonchev–Trinajstić information content (AvgIpc) is 3.48. The Labute approximate surface area is 263 Å². The summed E-state index contributed by atoms with van der Waals surface area (Å²) in [7, 11) is 2.17. The summed E-state index contributed by atoms with van der Waals surface area (Å²) >= 11 is 0. The molecule has 0 bridgehead atoms. The van der Waals surface area contributed by atoms with E-state index < -0.39 is 0 Å². The van der Waals surface area contributed by atoms with Crippen LogP contribution in [0.25, 0.3) is 22.3 Å². The van der Waals surface area contributed by atoms with Gasteiger partial charge in [0.25, 0.3) is 5.91 Å². The van der Waals surface area contributed by atoms with E-state index in [-0.39, 0.29) is 11.9 Å². The van der Waals surface area contributed by atoms with Crippen molar-refractivity contribution in [3.05, 3.63) is 96.3 Å². The number of nitrogen functional groups attached to an aromatic ring is 1. The zero-order valence-corrected chi connectivity index (χ0v) is 25.5. The third-order valence-corrected chi connectivity index (χ3v) is 8.93. The van der Waals surface area contributed by atoms with E-state index in [1.165, 1.54) is 11.9 Å². The number of benzene rings is 3. The Morgan fingerprint density at radius 2 is 1.53 bits per heavy atom. The number of piperidine rings is 1. The minimum atomic E-state index is 0.0787. The van der Waals surface area contributed by atoms with Gasteiger partial charge in [0.1, 0.15) is 29.3 Å². The zero-order chi connectivity index (χ0) is 30.8. The highest BCUT2D eigenvalue weighted by molar-refractivity contribution is 5.98. The Bertz CT molecular complexity index is 1760. The number of nitrogens with two attached hydrogens (primary N) is 1. The van der Waals surface area contributed by atoms with Crippen LogP contribution in [0.4, 0.5) is 5.82 Å². The third kappa shape index (κ3) is 6.25. The molecule has 2 aliphatic heterocycles. The predicted molar refractivity (Wildman–Crippen MR) is 175 cm³/mol. The van der Waals surface area contributed by atoms with Crippen molar-refractivity contribution in [2.45, 2.75) is 25.4 Å². The third-order valence-electron chi connectivity index (χ3n) is 8.93. The lowest BCUT2D eigenvalue weighted by Crippen LogP contribution is -2.43. The van der Waals surface area contributed by atoms with Crippen LogP contribution in [0.5, 0.6) is 11.5 Å². The smallest absolute Gasteiger partial charge is 0.253 e. The van der Waals surface area contributed by atoms with Crippen LogP contribution in [0.2, 0.25) is 0 Å². The number of para-hydroxylation sites is 1. The molecule has 45 heavy (non-hydrogen) atoms. The first-order valence-electron chi connectivity index (χ1n) is 15.6. The molecule has 0 unspecified atom stereocenters. The summed E-state index contributed by atoms with van der Waals surface area (Å²) in [5.74, 6) is 1.99. The van der Waals surface area contributed by atoms with Crippen LogP contribution in [0.3, 0.4) is 0 Å². The summed E-state index contributed by atoms with van der Waals surface area (Å²) < 4.78 is 7.95. The van der Waals surface area contributed by atoms with Gasteiger partial charge in [0, 0.05) is 56.9 Å². The molecule has 0 atom stereocenters. The summed E-state index contributed by atoms with van der Waals surface area (Å²) in [4.78, 5) is 29.1. The zero-order valence-electron chi connectivity index (χ0n) is 25.5. The molecule has 0 saturated carbocycles. The van der Waals surface area contributed by atoms with Gasteiger partial charge in [-0.15, -0.1) is 0 Å². The Morgan fingerprint density at radius 3 is 2.24 bits per heavy atom. The number of likely N-dealkylation sites (N-methyl/N-ethyl adjacent to an activating group) is 1. The summed E-state index contributed by atoms with van der Waals surface area (Å²) in [6, 6.07) is 25.7. The second-order valence-corrected chi connectivity index (χ2v) is 12.0. The maximum Gasteiger partial charge on any atom is 0.253 e. The van der Waals surface area contributed by atoms with Gasteiger partial charge in [-0.3, -0.25) is 9.69 Å². The van der Waals surface area contributed by atoms with E-state index in [4.69, 9.17) is 15.6 Å². The Morgan fingerprint density at radius 1 is 0.844 bits per heavy atom. The number of nitrogens with zero attached hydrogens (tertiary/aromatic N) is 7. The quantitative estimate of drug-likeness (QED) is 0.275. The number of rotatable bonds is 7. The Balaban J connectivity index is 1.03. The summed E-state index contributed by atoms with van der Waals surface area (Å²) in [6.45, 7) is 6.57. The Hall–Kier alpha value is -4.80. The monoisotopic (exact) mass is 602 g/mol. The van der Waals surface area contributed by atoms with Crippen molar-refractivity contribution in [2.24, 2.45) is 0 Å². The van der Waals surface area contributed by atoms with E-state index in [1.807, 2.05) is 76.3 Å². The molecule has 2 aromatic heterocycles. The van der Waals surface area contributed by atoms with Crippen LogP contribution in [0.15, 0.2) is 85.2 Å². The van der Waals surface area contributed by atoms with Gasteiger partial charge in [-0.05, 0) is 74.0 Å². The lowest BCUT2D eigenvalue weighted by atomic mass is 10.0. The van der Waals surface area contributed by atoms with E-state index in [0.717, 1.165) is 79.3 Å². The van der Waals surface area contributed by atoms with Crippen LogP contribution in [-0.4, -0.2) is 86.7 Å². The lowest BCUT2D eigenvalue weighted by Gasteiger charge is -2.33. The molecular weight excluding hydrogens is 564 g/mol. The van der Waals surface area contributed by atoms with E-state index >= 15 is 0 Å². The molecule has 10 heteroatoms. The molecule has 2 saturated heterocycles. The van der Waals surface area contributed by atoms with Gasteiger partial charge in [0.05, 0.1) is 11.4 Å². The number of likely N-dealkylation sites (tertiary alicyclic amines) is 1. The molecule has 2 aliphatic rings. The van der Waals surface area contributed by atoms with Crippen LogP contribution in [-0.2, 0) is 6.54 Å². The van der Waals surface area contributed by atoms with Crippen LogP contribution in [0.1, 0.15) is 34.8 Å². The maximum atomic E-state index is 13.4. The first-order chi connectivity index (χ1) is 22.0. The molecule has 0 spiro atoms. The van der Waals surface area contributed by atoms with Gasteiger partial charge in [-0.1, -0.05) is 30.3 Å². The molecule has 230 valence electrons. The largest absolute Gasteiger partial charge is 0.457 e. The van der Waals surface area contributed by atoms with Crippen molar-refractivity contribution < 1.29 is 9.53 Å². The number of carbonyl (C=O) groups excluding carboxylic acids is 1. The number of hydrogen-bond acceptors (Lipinski definition) is 8. The number of amides is 1. The molecule has 2 fully saturated rings. The van der Waals surface area contributed by atoms with Gasteiger partial charge >= 0.3 is 0 Å². The lowest BCUT2D eigenvalue weighted by molar-refractivity contribution is 0.0691. The summed E-state index contributed by atoms with van der Waals surface area (Å²) in [5, 5.41) is 5.77. The predicted octanol–water partition coefficient (Wildman–Crippen LogP) is 5.09. The van der Waals surface area contributed by atoms with Gasteiger partial charge < -0.3 is 20.3 Å². The average molecular weight is 603 g/mol. The van der Waals surface area contributed by atoms with Gasteiger partial charge in [-0.25, -0.2) is 14.6 Å². The van der Waals surface area contributed by atoms with Gasteiger partial charge in [0.2, 0.25) is 0 Å². The fourth-order valence-electron chi connectivity index (χ4n) is 6.27. The number of carbonyl (C=O) groups is 1. The number of piperazine rings is 1. The van der Waals surface area contributed by atoms with Crippen molar-refractivity contribution in [1.29, 1.82) is 0 Å². The topological polar surface area (TPSA) is 106 Å². The van der Waals surface area contributed by atoms with Crippen molar-refractivity contribution >= 4 is 22.8 Å². The summed E-state index contributed by atoms with van der Waals surface area (Å²) in [6.07, 6.45) is 3.04. The molecule has 7 rings (SSSR count). The molecule has 10 nitrogen and oxygen atoms in total. The second kappa shape index (κ2) is 12.7. The fraction of sp³-hybridized carbons (Fsp3) is 0.314. The van der Waals surface area contributed by atoms with E-state index in [1.54, 1.807) is 0 Å². The highest BCUT2D eigenvalue weighted by atomic mass is 16.5. The normalized spacial score (nSPS) is 16.7. The highest BCUT2D eigenvalue weighted by Crippen LogP contribution is 2.35. The first kappa shape index (κ1) is 28.9. The minimum Gasteiger partial charge on any atom is -0.457 e. The number of aromatic nitrogens is 4. The molecular formula is C35H38N8O2. The second-order valence-electron chi connectivity index (χ2n) is 12.0. The van der Waals surface area contributed by atoms with E-state index in [9.17, 15) is 4.79 Å². The fourth-order valence-corrected chi connectivity index (χ4v) is 6.27. The number of ether oxygens (including phenoxy) is 1. The molecule has 0 aliphatic carbocycles. The minimum absolute atomic E-state index is 0.0787. The van der Waals surface area contributed by atoms with Crippen LogP contribution >= 0.6 is 0 Å². The van der Waals surface area contributed by atoms with E-state index in [0.29, 0.717) is 24.6 Å². The number of hydrogen-bond donors (Lipinski definition) is 1. The van der Waals surface area contributed by atoms with Crippen LogP contribution < -0.4 is 10.5 Å².